The van der Waals surface area contributed by atoms with Crippen LogP contribution in [0.4, 0.5) is 0 Å². The first-order valence-corrected chi connectivity index (χ1v) is 11.8. The predicted octanol–water partition coefficient (Wildman–Crippen LogP) is 8.87. The van der Waals surface area contributed by atoms with Gasteiger partial charge in [0.25, 0.3) is 0 Å². The maximum Gasteiger partial charge on any atom is 0.0985 e. The zero-order valence-electron chi connectivity index (χ0n) is 18.2. The molecular weight excluding hydrogens is 304 g/mol. The van der Waals surface area contributed by atoms with Gasteiger partial charge in [0.05, 0.1) is 6.10 Å². The van der Waals surface area contributed by atoms with Crippen LogP contribution in [0.1, 0.15) is 143 Å². The van der Waals surface area contributed by atoms with Gasteiger partial charge in [-0.2, -0.15) is 0 Å². The zero-order chi connectivity index (χ0) is 18.8. The Morgan fingerprint density at radius 1 is 0.560 bits per heavy atom. The summed E-state index contributed by atoms with van der Waals surface area (Å²) in [6, 6.07) is 0. The predicted molar refractivity (Wildman–Crippen MR) is 113 cm³/mol. The van der Waals surface area contributed by atoms with E-state index < -0.39 is 0 Å². The lowest BCUT2D eigenvalue weighted by molar-refractivity contribution is -0.0506. The van der Waals surface area contributed by atoms with Crippen LogP contribution in [0, 0.1) is 5.41 Å². The van der Waals surface area contributed by atoms with Gasteiger partial charge in [0.2, 0.25) is 0 Å². The average Bonchev–Trinajstić information content (AvgIpc) is 2.63. The van der Waals surface area contributed by atoms with Gasteiger partial charge < -0.3 is 0 Å². The molecule has 0 aromatic rings. The third kappa shape index (κ3) is 12.1. The van der Waals surface area contributed by atoms with E-state index in [4.69, 9.17) is 0 Å². The minimum Gasteiger partial charge on any atom is -0.233 e. The molecule has 0 heterocycles. The molecule has 1 heteroatoms. The summed E-state index contributed by atoms with van der Waals surface area (Å²) in [5.74, 6) is 0. The SMILES string of the molecule is CCCCCCCCC(CC)(CCCCCCCC)C([O])CCCC. The van der Waals surface area contributed by atoms with Crippen molar-refractivity contribution in [2.45, 2.75) is 149 Å². The van der Waals surface area contributed by atoms with Gasteiger partial charge in [0.1, 0.15) is 0 Å². The lowest BCUT2D eigenvalue weighted by Crippen LogP contribution is -2.34. The van der Waals surface area contributed by atoms with Crippen LogP contribution in [0.3, 0.4) is 0 Å². The van der Waals surface area contributed by atoms with E-state index in [-0.39, 0.29) is 11.5 Å². The molecule has 151 valence electrons. The van der Waals surface area contributed by atoms with Gasteiger partial charge in [0.15, 0.2) is 0 Å². The minimum atomic E-state index is -0.330. The fraction of sp³-hybridized carbons (Fsp3) is 1.00. The molecule has 1 unspecified atom stereocenters. The van der Waals surface area contributed by atoms with Gasteiger partial charge in [-0.3, -0.25) is 0 Å². The fourth-order valence-electron chi connectivity index (χ4n) is 4.24. The Morgan fingerprint density at radius 3 is 1.36 bits per heavy atom. The molecule has 0 rings (SSSR count). The molecule has 0 aliphatic heterocycles. The fourth-order valence-corrected chi connectivity index (χ4v) is 4.24. The highest BCUT2D eigenvalue weighted by atomic mass is 16.3. The van der Waals surface area contributed by atoms with Crippen LogP contribution in [0.25, 0.3) is 0 Å². The topological polar surface area (TPSA) is 19.9 Å². The second-order valence-electron chi connectivity index (χ2n) is 8.38. The smallest absolute Gasteiger partial charge is 0.0985 e. The maximum atomic E-state index is 13.1. The van der Waals surface area contributed by atoms with Gasteiger partial charge in [0, 0.05) is 0 Å². The van der Waals surface area contributed by atoms with E-state index in [1.54, 1.807) is 0 Å². The van der Waals surface area contributed by atoms with Crippen LogP contribution in [0.15, 0.2) is 0 Å². The number of unbranched alkanes of at least 4 members (excludes halogenated alkanes) is 11. The number of hydrogen-bond acceptors (Lipinski definition) is 0. The molecule has 25 heavy (non-hydrogen) atoms. The molecule has 0 N–H and O–H groups in total. The van der Waals surface area contributed by atoms with Crippen molar-refractivity contribution in [2.24, 2.45) is 5.41 Å². The molecule has 1 radical (unpaired) electrons. The van der Waals surface area contributed by atoms with Crippen molar-refractivity contribution in [1.82, 2.24) is 0 Å². The third-order valence-corrected chi connectivity index (χ3v) is 6.26. The van der Waals surface area contributed by atoms with Gasteiger partial charge >= 0.3 is 0 Å². The van der Waals surface area contributed by atoms with E-state index in [1.807, 2.05) is 0 Å². The van der Waals surface area contributed by atoms with E-state index in [9.17, 15) is 5.11 Å². The summed E-state index contributed by atoms with van der Waals surface area (Å²) in [5, 5.41) is 13.1. The normalized spacial score (nSPS) is 13.3. The Kier molecular flexibility index (Phi) is 17.3. The van der Waals surface area contributed by atoms with Crippen molar-refractivity contribution < 1.29 is 5.11 Å². The molecule has 0 aliphatic carbocycles. The second kappa shape index (κ2) is 17.4. The summed E-state index contributed by atoms with van der Waals surface area (Å²) in [4.78, 5) is 0. The monoisotopic (exact) mass is 353 g/mol. The summed E-state index contributed by atoms with van der Waals surface area (Å²) < 4.78 is 0. The molecule has 0 aromatic carbocycles. The van der Waals surface area contributed by atoms with Crippen molar-refractivity contribution in [1.29, 1.82) is 0 Å². The van der Waals surface area contributed by atoms with E-state index in [1.165, 1.54) is 89.9 Å². The van der Waals surface area contributed by atoms with Crippen LogP contribution >= 0.6 is 0 Å². The molecule has 1 atom stereocenters. The van der Waals surface area contributed by atoms with Crippen LogP contribution in [-0.2, 0) is 5.11 Å². The second-order valence-corrected chi connectivity index (χ2v) is 8.38. The molecule has 0 bridgehead atoms. The molecule has 1 nitrogen and oxygen atoms in total. The average molecular weight is 354 g/mol. The zero-order valence-corrected chi connectivity index (χ0v) is 18.2. The van der Waals surface area contributed by atoms with Crippen LogP contribution < -0.4 is 0 Å². The summed E-state index contributed by atoms with van der Waals surface area (Å²) in [6.45, 7) is 9.05. The van der Waals surface area contributed by atoms with Gasteiger partial charge in [-0.25, -0.2) is 5.11 Å². The molecule has 0 fully saturated rings. The largest absolute Gasteiger partial charge is 0.233 e. The Labute approximate surface area is 160 Å². The quantitative estimate of drug-likeness (QED) is 0.207. The minimum absolute atomic E-state index is 0.0880. The Morgan fingerprint density at radius 2 is 0.960 bits per heavy atom. The van der Waals surface area contributed by atoms with Crippen molar-refractivity contribution >= 4 is 0 Å². The summed E-state index contributed by atoms with van der Waals surface area (Å²) >= 11 is 0. The van der Waals surface area contributed by atoms with Gasteiger partial charge in [-0.1, -0.05) is 118 Å². The molecule has 0 aromatic heterocycles. The van der Waals surface area contributed by atoms with Crippen LogP contribution in [-0.4, -0.2) is 6.10 Å². The van der Waals surface area contributed by atoms with E-state index in [0.29, 0.717) is 0 Å². The number of rotatable bonds is 19. The highest BCUT2D eigenvalue weighted by Gasteiger charge is 2.35. The third-order valence-electron chi connectivity index (χ3n) is 6.26. The number of hydrogen-bond donors (Lipinski definition) is 0. The first kappa shape index (κ1) is 25.0. The van der Waals surface area contributed by atoms with Crippen molar-refractivity contribution in [2.75, 3.05) is 0 Å². The van der Waals surface area contributed by atoms with Crippen LogP contribution in [0.5, 0.6) is 0 Å². The first-order valence-electron chi connectivity index (χ1n) is 11.8. The van der Waals surface area contributed by atoms with Crippen molar-refractivity contribution in [3.63, 3.8) is 0 Å². The maximum absolute atomic E-state index is 13.1. The molecule has 0 spiro atoms. The molecule has 0 aliphatic rings. The lowest BCUT2D eigenvalue weighted by atomic mass is 9.70. The van der Waals surface area contributed by atoms with Gasteiger partial charge in [-0.05, 0) is 31.1 Å². The highest BCUT2D eigenvalue weighted by molar-refractivity contribution is 4.85. The molecule has 0 saturated carbocycles. The Balaban J connectivity index is 4.39. The van der Waals surface area contributed by atoms with E-state index in [0.717, 1.165) is 25.7 Å². The van der Waals surface area contributed by atoms with Crippen molar-refractivity contribution in [3.8, 4) is 0 Å². The van der Waals surface area contributed by atoms with Gasteiger partial charge in [-0.15, -0.1) is 0 Å². The lowest BCUT2D eigenvalue weighted by Gasteiger charge is -2.37. The standard InChI is InChI=1S/C24H49O/c1-5-9-12-14-16-18-21-24(8-4,23(25)20-11-7-3)22-19-17-15-13-10-6-2/h23H,5-22H2,1-4H3. The summed E-state index contributed by atoms with van der Waals surface area (Å²) in [6.07, 6.45) is 22.4. The van der Waals surface area contributed by atoms with E-state index >= 15 is 0 Å². The molecular formula is C24H49O. The molecule has 0 saturated heterocycles. The summed E-state index contributed by atoms with van der Waals surface area (Å²) in [5.41, 5.74) is 0.0880. The Bertz CT molecular complexity index is 245. The van der Waals surface area contributed by atoms with E-state index in [2.05, 4.69) is 27.7 Å². The highest BCUT2D eigenvalue weighted by Crippen LogP contribution is 2.41. The van der Waals surface area contributed by atoms with Crippen molar-refractivity contribution in [3.05, 3.63) is 0 Å². The first-order chi connectivity index (χ1) is 12.2. The molecule has 0 amide bonds. The Hall–Kier alpha value is -0.0400. The van der Waals surface area contributed by atoms with Crippen LogP contribution in [0.2, 0.25) is 0 Å². The summed E-state index contributed by atoms with van der Waals surface area (Å²) in [7, 11) is 0.